The van der Waals surface area contributed by atoms with Crippen LogP contribution < -0.4 is 0 Å². The molecule has 1 heterocycles. The van der Waals surface area contributed by atoms with E-state index in [0.717, 1.165) is 0 Å². The molecule has 1 aromatic heterocycles. The van der Waals surface area contributed by atoms with Crippen LogP contribution in [0.3, 0.4) is 0 Å². The molecule has 0 amide bonds. The quantitative estimate of drug-likeness (QED) is 0.527. The van der Waals surface area contributed by atoms with Crippen molar-refractivity contribution in [2.45, 2.75) is 6.92 Å². The SMILES string of the molecule is Cc1cc(C(=O)OCC(=O)c2ccccc2Cl)c2ccccc2n1. The fraction of sp³-hybridized carbons (Fsp3) is 0.105. The van der Waals surface area contributed by atoms with Crippen LogP contribution >= 0.6 is 11.6 Å². The van der Waals surface area contributed by atoms with Gasteiger partial charge in [-0.25, -0.2) is 4.79 Å². The van der Waals surface area contributed by atoms with E-state index in [1.54, 1.807) is 43.3 Å². The number of nitrogens with zero attached hydrogens (tertiary/aromatic N) is 1. The van der Waals surface area contributed by atoms with Gasteiger partial charge in [0.15, 0.2) is 6.61 Å². The summed E-state index contributed by atoms with van der Waals surface area (Å²) < 4.78 is 5.19. The molecule has 120 valence electrons. The number of Topliss-reactive ketones (excluding diaryl/α,β-unsaturated/α-hetero) is 1. The lowest BCUT2D eigenvalue weighted by molar-refractivity contribution is 0.0476. The highest BCUT2D eigenvalue weighted by Gasteiger charge is 2.16. The average Bonchev–Trinajstić information content (AvgIpc) is 2.59. The van der Waals surface area contributed by atoms with Gasteiger partial charge in [0.25, 0.3) is 0 Å². The molecule has 0 spiro atoms. The Morgan fingerprint density at radius 3 is 2.54 bits per heavy atom. The van der Waals surface area contributed by atoms with E-state index in [-0.39, 0.29) is 12.4 Å². The number of fused-ring (bicyclic) bond motifs is 1. The Morgan fingerprint density at radius 2 is 1.75 bits per heavy atom. The molecule has 0 bridgehead atoms. The molecule has 4 nitrogen and oxygen atoms in total. The minimum atomic E-state index is -0.558. The summed E-state index contributed by atoms with van der Waals surface area (Å²) in [6, 6.07) is 15.6. The van der Waals surface area contributed by atoms with E-state index in [1.807, 2.05) is 18.2 Å². The van der Waals surface area contributed by atoms with Crippen LogP contribution in [0.1, 0.15) is 26.4 Å². The van der Waals surface area contributed by atoms with Gasteiger partial charge in [-0.15, -0.1) is 0 Å². The smallest absolute Gasteiger partial charge is 0.339 e. The second kappa shape index (κ2) is 6.81. The summed E-state index contributed by atoms with van der Waals surface area (Å²) in [5.74, 6) is -0.902. The fourth-order valence-electron chi connectivity index (χ4n) is 2.45. The van der Waals surface area contributed by atoms with Gasteiger partial charge in [0.2, 0.25) is 5.78 Å². The van der Waals surface area contributed by atoms with Crippen molar-refractivity contribution in [3.63, 3.8) is 0 Å². The lowest BCUT2D eigenvalue weighted by atomic mass is 10.1. The van der Waals surface area contributed by atoms with Crippen molar-refractivity contribution in [3.8, 4) is 0 Å². The molecule has 0 aliphatic rings. The maximum absolute atomic E-state index is 12.4. The van der Waals surface area contributed by atoms with Crippen molar-refractivity contribution in [2.24, 2.45) is 0 Å². The van der Waals surface area contributed by atoms with Gasteiger partial charge in [0.05, 0.1) is 16.1 Å². The third-order valence-electron chi connectivity index (χ3n) is 3.57. The van der Waals surface area contributed by atoms with Crippen LogP contribution in [0, 0.1) is 6.92 Å². The summed E-state index contributed by atoms with van der Waals surface area (Å²) in [7, 11) is 0. The summed E-state index contributed by atoms with van der Waals surface area (Å²) >= 11 is 5.98. The second-order valence-electron chi connectivity index (χ2n) is 5.31. The number of esters is 1. The molecular formula is C19H14ClNO3. The van der Waals surface area contributed by atoms with Crippen LogP contribution in [0.25, 0.3) is 10.9 Å². The first kappa shape index (κ1) is 16.1. The zero-order chi connectivity index (χ0) is 17.1. The zero-order valence-electron chi connectivity index (χ0n) is 13.0. The van der Waals surface area contributed by atoms with Crippen molar-refractivity contribution in [1.82, 2.24) is 4.98 Å². The van der Waals surface area contributed by atoms with Gasteiger partial charge in [0.1, 0.15) is 0 Å². The molecule has 2 aromatic carbocycles. The number of aromatic nitrogens is 1. The summed E-state index contributed by atoms with van der Waals surface area (Å²) in [5.41, 5.74) is 2.15. The van der Waals surface area contributed by atoms with Crippen LogP contribution in [0.15, 0.2) is 54.6 Å². The van der Waals surface area contributed by atoms with E-state index in [9.17, 15) is 9.59 Å². The van der Waals surface area contributed by atoms with Crippen molar-refractivity contribution in [2.75, 3.05) is 6.61 Å². The topological polar surface area (TPSA) is 56.3 Å². The summed E-state index contributed by atoms with van der Waals surface area (Å²) in [5, 5.41) is 1.03. The Labute approximate surface area is 144 Å². The lowest BCUT2D eigenvalue weighted by Gasteiger charge is -2.08. The fourth-order valence-corrected chi connectivity index (χ4v) is 2.69. The van der Waals surface area contributed by atoms with E-state index in [2.05, 4.69) is 4.98 Å². The number of ketones is 1. The largest absolute Gasteiger partial charge is 0.454 e. The van der Waals surface area contributed by atoms with Crippen molar-refractivity contribution in [3.05, 3.63) is 76.4 Å². The predicted octanol–water partition coefficient (Wildman–Crippen LogP) is 4.24. The molecule has 3 aromatic rings. The van der Waals surface area contributed by atoms with E-state index >= 15 is 0 Å². The van der Waals surface area contributed by atoms with Gasteiger partial charge in [-0.3, -0.25) is 9.78 Å². The number of benzene rings is 2. The lowest BCUT2D eigenvalue weighted by Crippen LogP contribution is -2.15. The maximum atomic E-state index is 12.4. The van der Waals surface area contributed by atoms with E-state index in [1.165, 1.54) is 0 Å². The van der Waals surface area contributed by atoms with Crippen LogP contribution in [0.2, 0.25) is 5.02 Å². The van der Waals surface area contributed by atoms with E-state index < -0.39 is 5.97 Å². The zero-order valence-corrected chi connectivity index (χ0v) is 13.7. The third kappa shape index (κ3) is 3.29. The molecule has 0 unspecified atom stereocenters. The highest BCUT2D eigenvalue weighted by Crippen LogP contribution is 2.20. The molecule has 0 saturated carbocycles. The Morgan fingerprint density at radius 1 is 1.04 bits per heavy atom. The van der Waals surface area contributed by atoms with Gasteiger partial charge >= 0.3 is 5.97 Å². The molecule has 3 rings (SSSR count). The first-order valence-electron chi connectivity index (χ1n) is 7.37. The second-order valence-corrected chi connectivity index (χ2v) is 5.71. The van der Waals surface area contributed by atoms with Gasteiger partial charge in [-0.2, -0.15) is 0 Å². The van der Waals surface area contributed by atoms with Gasteiger partial charge in [-0.1, -0.05) is 41.9 Å². The van der Waals surface area contributed by atoms with Crippen LogP contribution in [-0.2, 0) is 4.74 Å². The minimum absolute atomic E-state index is 0.336. The highest BCUT2D eigenvalue weighted by atomic mass is 35.5. The number of rotatable bonds is 4. The average molecular weight is 340 g/mol. The van der Waals surface area contributed by atoms with Crippen molar-refractivity contribution < 1.29 is 14.3 Å². The molecule has 0 saturated heterocycles. The first-order valence-corrected chi connectivity index (χ1v) is 7.75. The summed E-state index contributed by atoms with van der Waals surface area (Å²) in [4.78, 5) is 28.9. The number of aryl methyl sites for hydroxylation is 1. The Kier molecular flexibility index (Phi) is 4.58. The van der Waals surface area contributed by atoms with Crippen LogP contribution in [0.4, 0.5) is 0 Å². The minimum Gasteiger partial charge on any atom is -0.454 e. The molecule has 5 heteroatoms. The molecule has 0 radical (unpaired) electrons. The monoisotopic (exact) mass is 339 g/mol. The number of hydrogen-bond donors (Lipinski definition) is 0. The number of pyridine rings is 1. The predicted molar refractivity (Wildman–Crippen MR) is 92.5 cm³/mol. The molecule has 24 heavy (non-hydrogen) atoms. The van der Waals surface area contributed by atoms with E-state index in [4.69, 9.17) is 16.3 Å². The summed E-state index contributed by atoms with van der Waals surface area (Å²) in [6.07, 6.45) is 0. The van der Waals surface area contributed by atoms with Crippen LogP contribution in [-0.4, -0.2) is 23.3 Å². The molecule has 0 aliphatic heterocycles. The Balaban J connectivity index is 1.81. The molecule has 0 aliphatic carbocycles. The maximum Gasteiger partial charge on any atom is 0.339 e. The number of hydrogen-bond acceptors (Lipinski definition) is 4. The van der Waals surface area contributed by atoms with E-state index in [0.29, 0.717) is 32.7 Å². The Hall–Kier alpha value is -2.72. The number of ether oxygens (including phenoxy) is 1. The standard InChI is InChI=1S/C19H14ClNO3/c1-12-10-15(13-6-3-5-9-17(13)21-12)19(23)24-11-18(22)14-7-2-4-8-16(14)20/h2-10H,11H2,1H3. The van der Waals surface area contributed by atoms with Crippen LogP contribution in [0.5, 0.6) is 0 Å². The molecular weight excluding hydrogens is 326 g/mol. The summed E-state index contributed by atoms with van der Waals surface area (Å²) in [6.45, 7) is 1.44. The van der Waals surface area contributed by atoms with Gasteiger partial charge in [0, 0.05) is 16.6 Å². The number of para-hydroxylation sites is 1. The molecule has 0 atom stereocenters. The number of carbonyl (C=O) groups excluding carboxylic acids is 2. The normalized spacial score (nSPS) is 10.6. The number of carbonyl (C=O) groups is 2. The van der Waals surface area contributed by atoms with Gasteiger partial charge < -0.3 is 4.74 Å². The van der Waals surface area contributed by atoms with Crippen molar-refractivity contribution >= 4 is 34.3 Å². The molecule has 0 N–H and O–H groups in total. The molecule has 0 fully saturated rings. The first-order chi connectivity index (χ1) is 11.6. The Bertz CT molecular complexity index is 937. The van der Waals surface area contributed by atoms with Gasteiger partial charge in [-0.05, 0) is 31.2 Å². The van der Waals surface area contributed by atoms with Crippen molar-refractivity contribution in [1.29, 1.82) is 0 Å². The highest BCUT2D eigenvalue weighted by molar-refractivity contribution is 6.34. The number of halogens is 1. The third-order valence-corrected chi connectivity index (χ3v) is 3.90.